The van der Waals surface area contributed by atoms with E-state index in [0.717, 1.165) is 77.8 Å². The van der Waals surface area contributed by atoms with Gasteiger partial charge < -0.3 is 38.5 Å². The van der Waals surface area contributed by atoms with Crippen molar-refractivity contribution in [3.8, 4) is 34.5 Å². The predicted molar refractivity (Wildman–Crippen MR) is 362 cm³/mol. The van der Waals surface area contributed by atoms with Gasteiger partial charge in [0.05, 0.1) is 40.4 Å². The van der Waals surface area contributed by atoms with Crippen LogP contribution < -0.4 is 24.6 Å². The normalized spacial score (nSPS) is 20.5. The highest BCUT2D eigenvalue weighted by atomic mass is 35.5. The molecule has 5 aromatic rings. The third kappa shape index (κ3) is 14.5. The second kappa shape index (κ2) is 27.9. The van der Waals surface area contributed by atoms with Crippen molar-refractivity contribution in [2.24, 2.45) is 17.3 Å². The number of nitrogens with one attached hydrogen (secondary N) is 1. The molecule has 7 heterocycles. The van der Waals surface area contributed by atoms with Crippen molar-refractivity contribution in [1.82, 2.24) is 39.9 Å². The zero-order valence-electron chi connectivity index (χ0n) is 56.1. The van der Waals surface area contributed by atoms with Crippen LogP contribution in [0.3, 0.4) is 0 Å². The number of amides is 5. The van der Waals surface area contributed by atoms with Crippen molar-refractivity contribution in [2.75, 3.05) is 102 Å². The molecule has 5 amide bonds. The van der Waals surface area contributed by atoms with Crippen molar-refractivity contribution in [1.29, 1.82) is 0 Å². The number of piperazine rings is 2. The number of carbonyl (C=O) groups excluding carboxylic acids is 4. The Labute approximate surface area is 552 Å². The number of imide groups is 1. The van der Waals surface area contributed by atoms with Crippen LogP contribution in [-0.4, -0.2) is 177 Å². The number of urea groups is 1. The molecule has 1 N–H and O–H groups in total. The monoisotopic (exact) mass is 1310 g/mol. The molecule has 2 aromatic heterocycles. The lowest BCUT2D eigenvalue weighted by Gasteiger charge is -2.47. The number of methoxy groups -OCH3 is 1. The summed E-state index contributed by atoms with van der Waals surface area (Å²) >= 11 is 6.49. The Morgan fingerprint density at radius 1 is 0.828 bits per heavy atom. The van der Waals surface area contributed by atoms with Gasteiger partial charge in [0.15, 0.2) is 12.6 Å². The van der Waals surface area contributed by atoms with E-state index in [1.807, 2.05) is 30.6 Å². The highest BCUT2D eigenvalue weighted by Gasteiger charge is 2.46. The lowest BCUT2D eigenvalue weighted by Crippen LogP contribution is -2.57. The van der Waals surface area contributed by atoms with Crippen LogP contribution in [-0.2, 0) is 14.3 Å². The Morgan fingerprint density at radius 2 is 1.51 bits per heavy atom. The second-order valence-electron chi connectivity index (χ2n) is 29.1. The van der Waals surface area contributed by atoms with E-state index in [2.05, 4.69) is 79.9 Å². The number of fused-ring (bicyclic) bond motifs is 4. The fourth-order valence-electron chi connectivity index (χ4n) is 16.0. The summed E-state index contributed by atoms with van der Waals surface area (Å²) in [5.41, 5.74) is 5.49. The third-order valence-electron chi connectivity index (χ3n) is 20.8. The lowest BCUT2D eigenvalue weighted by molar-refractivity contribution is -0.120. The number of pyridine rings is 1. The molecule has 2 unspecified atom stereocenters. The van der Waals surface area contributed by atoms with Crippen molar-refractivity contribution in [3.63, 3.8) is 0 Å². The van der Waals surface area contributed by atoms with Gasteiger partial charge in [0.1, 0.15) is 42.3 Å². The van der Waals surface area contributed by atoms with E-state index in [0.29, 0.717) is 98.3 Å². The van der Waals surface area contributed by atoms with Gasteiger partial charge in [-0.05, 0) is 142 Å². The molecule has 18 nitrogen and oxygen atoms in total. The Morgan fingerprint density at radius 3 is 2.15 bits per heavy atom. The van der Waals surface area contributed by atoms with Gasteiger partial charge in [-0.1, -0.05) is 72.1 Å². The number of hydrogen-bond acceptors (Lipinski definition) is 14. The van der Waals surface area contributed by atoms with Crippen LogP contribution in [0.25, 0.3) is 32.9 Å². The Hall–Kier alpha value is -6.70. The molecule has 3 atom stereocenters. The summed E-state index contributed by atoms with van der Waals surface area (Å²) in [5, 5.41) is 4.08. The standard InChI is InChI=1S/C71H93ClF2N10O8Si/c1-44(2)93(45(3)4,46(5)6)33-21-54-58(73)17-13-49-34-53(91-43-89-11)36-55(61(49)54)63-62(74)64-56(37-75-63)65(82-40-51-14-15-52(41-82)84(51)69(88)92-70(8,9)10)78-67(77-64)90-42-47(7)38-79-29-31-80(32-30-79)39-48-18-22-71(23-19-48)24-27-81(28-25-71)66(86)50-12-16-57(72)59(35-50)83-26-20-60(85)76-68(83)87/h12-13,16-17,34-37,44-48,51-52H,14-15,18-20,22-32,38-43H2,1-11H3,(H,76,85,87)/t47-,51?,52?/m1/s1. The van der Waals surface area contributed by atoms with E-state index < -0.39 is 31.3 Å². The zero-order chi connectivity index (χ0) is 66.3. The topological polar surface area (TPSA) is 175 Å². The third-order valence-corrected chi connectivity index (χ3v) is 27.4. The van der Waals surface area contributed by atoms with E-state index in [4.69, 9.17) is 45.5 Å². The summed E-state index contributed by atoms with van der Waals surface area (Å²) in [6, 6.07) is 10.7. The van der Waals surface area contributed by atoms with Gasteiger partial charge in [-0.3, -0.25) is 29.7 Å². The predicted octanol–water partition coefficient (Wildman–Crippen LogP) is 13.1. The van der Waals surface area contributed by atoms with Gasteiger partial charge in [0, 0.05) is 114 Å². The summed E-state index contributed by atoms with van der Waals surface area (Å²) in [6.45, 7) is 29.4. The first kappa shape index (κ1) is 67.7. The molecule has 93 heavy (non-hydrogen) atoms. The number of piperidine rings is 1. The minimum absolute atomic E-state index is 0.000554. The zero-order valence-corrected chi connectivity index (χ0v) is 57.9. The summed E-state index contributed by atoms with van der Waals surface area (Å²) in [7, 11) is -0.836. The molecular formula is C71H93ClF2N10O8Si. The Kier molecular flexibility index (Phi) is 20.3. The van der Waals surface area contributed by atoms with Crippen LogP contribution in [0, 0.1) is 40.3 Å². The molecule has 22 heteroatoms. The maximum atomic E-state index is 18.2. The Balaban J connectivity index is 0.771. The summed E-state index contributed by atoms with van der Waals surface area (Å²) in [4.78, 5) is 79.0. The molecule has 11 rings (SSSR count). The van der Waals surface area contributed by atoms with Crippen LogP contribution in [0.15, 0.2) is 48.7 Å². The van der Waals surface area contributed by atoms with Gasteiger partial charge >= 0.3 is 18.1 Å². The Bertz CT molecular complexity index is 3650. The first-order chi connectivity index (χ1) is 44.3. The molecule has 1 aliphatic carbocycles. The van der Waals surface area contributed by atoms with Crippen LogP contribution in [0.1, 0.15) is 143 Å². The van der Waals surface area contributed by atoms with E-state index in [1.54, 1.807) is 42.6 Å². The first-order valence-electron chi connectivity index (χ1n) is 33.7. The molecule has 6 fully saturated rings. The average molecular weight is 1320 g/mol. The molecular weight excluding hydrogens is 1220 g/mol. The van der Waals surface area contributed by atoms with E-state index in [-0.39, 0.29) is 90.5 Å². The highest BCUT2D eigenvalue weighted by molar-refractivity contribution is 6.90. The van der Waals surface area contributed by atoms with E-state index >= 15 is 8.78 Å². The number of aromatic nitrogens is 3. The van der Waals surface area contributed by atoms with E-state index in [9.17, 15) is 19.2 Å². The number of ether oxygens (including phenoxy) is 4. The van der Waals surface area contributed by atoms with Gasteiger partial charge in [-0.15, -0.1) is 5.54 Å². The summed E-state index contributed by atoms with van der Waals surface area (Å²) in [5.74, 6) is 3.27. The van der Waals surface area contributed by atoms with Gasteiger partial charge in [-0.25, -0.2) is 18.4 Å². The van der Waals surface area contributed by atoms with Crippen molar-refractivity contribution in [2.45, 2.75) is 161 Å². The molecule has 5 saturated heterocycles. The van der Waals surface area contributed by atoms with Gasteiger partial charge in [0.2, 0.25) is 5.91 Å². The fourth-order valence-corrected chi connectivity index (χ4v) is 21.4. The maximum absolute atomic E-state index is 18.2. The van der Waals surface area contributed by atoms with Crippen LogP contribution in [0.5, 0.6) is 11.8 Å². The van der Waals surface area contributed by atoms with Crippen molar-refractivity contribution < 1.29 is 46.9 Å². The van der Waals surface area contributed by atoms with Gasteiger partial charge in [0.25, 0.3) is 5.91 Å². The lowest BCUT2D eigenvalue weighted by atomic mass is 9.65. The number of rotatable bonds is 17. The number of carbonyl (C=O) groups is 4. The quantitative estimate of drug-likeness (QED) is 0.0529. The molecule has 1 saturated carbocycles. The minimum Gasteiger partial charge on any atom is -0.468 e. The number of anilines is 2. The molecule has 500 valence electrons. The number of nitrogens with zero attached hydrogens (tertiary/aromatic N) is 9. The highest BCUT2D eigenvalue weighted by Crippen LogP contribution is 2.48. The van der Waals surface area contributed by atoms with Gasteiger partial charge in [-0.2, -0.15) is 9.97 Å². The molecule has 6 aliphatic rings. The smallest absolute Gasteiger partial charge is 0.410 e. The number of halogens is 3. The van der Waals surface area contributed by atoms with Crippen LogP contribution in [0.4, 0.5) is 29.9 Å². The van der Waals surface area contributed by atoms with E-state index in [1.165, 1.54) is 30.9 Å². The van der Waals surface area contributed by atoms with Crippen molar-refractivity contribution >= 4 is 76.8 Å². The van der Waals surface area contributed by atoms with Crippen molar-refractivity contribution in [3.05, 3.63) is 76.4 Å². The first-order valence-corrected chi connectivity index (χ1v) is 36.3. The maximum Gasteiger partial charge on any atom is 0.410 e. The molecule has 1 spiro atoms. The SMILES string of the molecule is COCOc1cc(-c2ncc3c(N4CC5CCC(C4)N5C(=O)OC(C)(C)C)nc(OC[C@H](C)CN4CCN(CC5CCC6(CC5)CCN(C(=O)c5ccc(Cl)c(N7CCC(=O)NC7=O)c5)CC6)CC4)nc3c2F)c2c(C#C[Si](C(C)C)(C(C)C)C(C)C)c(F)ccc2c1. The average Bonchev–Trinajstić information content (AvgIpc) is 1.43. The number of likely N-dealkylation sites (tertiary alicyclic amines) is 1. The number of hydrogen-bond donors (Lipinski definition) is 1. The number of benzene rings is 3. The summed E-state index contributed by atoms with van der Waals surface area (Å²) < 4.78 is 58.6. The van der Waals surface area contributed by atoms with Crippen LogP contribution >= 0.6 is 11.6 Å². The molecule has 0 radical (unpaired) electrons. The largest absolute Gasteiger partial charge is 0.468 e. The minimum atomic E-state index is -2.36. The fraction of sp³-hybridized carbons (Fsp3) is 0.592. The molecule has 5 aliphatic heterocycles. The second-order valence-corrected chi connectivity index (χ2v) is 35.0. The molecule has 2 bridgehead atoms. The molecule has 3 aromatic carbocycles. The van der Waals surface area contributed by atoms with Crippen LogP contribution in [0.2, 0.25) is 21.6 Å². The summed E-state index contributed by atoms with van der Waals surface area (Å²) in [6.07, 6.45) is 9.59.